The van der Waals surface area contributed by atoms with E-state index in [4.69, 9.17) is 14.9 Å². The number of hydrogen-bond acceptors (Lipinski definition) is 5. The number of carbonyl (C=O) groups is 2. The molecular formula is C25H25NO5. The van der Waals surface area contributed by atoms with Gasteiger partial charge in [-0.15, -0.1) is 0 Å². The number of carbonyl (C=O) groups excluding carboxylic acids is 1. The van der Waals surface area contributed by atoms with Crippen LogP contribution in [0.1, 0.15) is 27.0 Å². The maximum Gasteiger partial charge on any atom is 0.343 e. The van der Waals surface area contributed by atoms with Crippen molar-refractivity contribution in [1.29, 1.82) is 0 Å². The number of aliphatic hydroxyl groups excluding tert-OH is 1. The number of esters is 1. The van der Waals surface area contributed by atoms with Crippen molar-refractivity contribution >= 4 is 11.9 Å². The van der Waals surface area contributed by atoms with Crippen molar-refractivity contribution in [1.82, 2.24) is 5.32 Å². The zero-order chi connectivity index (χ0) is 22.4. The Morgan fingerprint density at radius 2 is 1.74 bits per heavy atom. The van der Waals surface area contributed by atoms with Crippen LogP contribution in [0.3, 0.4) is 0 Å². The summed E-state index contributed by atoms with van der Waals surface area (Å²) >= 11 is 0. The van der Waals surface area contributed by atoms with Crippen molar-refractivity contribution in [3.63, 3.8) is 0 Å². The van der Waals surface area contributed by atoms with Gasteiger partial charge in [-0.25, -0.2) is 4.79 Å². The number of aliphatic carboxylic acids is 1. The van der Waals surface area contributed by atoms with Gasteiger partial charge in [0.1, 0.15) is 11.8 Å². The summed E-state index contributed by atoms with van der Waals surface area (Å²) in [5, 5.41) is 20.9. The number of rotatable bonds is 8. The van der Waals surface area contributed by atoms with Crippen LogP contribution in [0.4, 0.5) is 0 Å². The van der Waals surface area contributed by atoms with Gasteiger partial charge >= 0.3 is 11.9 Å². The predicted molar refractivity (Wildman–Crippen MR) is 118 cm³/mol. The number of carboxylic acids is 1. The highest BCUT2D eigenvalue weighted by molar-refractivity contribution is 5.94. The standard InChI is InChI=1S/C25H25NO5/c1-16-13-20(12-11-19(16)14-26-23(15-27)24(28)29)31-25(30)22-10-6-9-21(17(22)2)18-7-4-3-5-8-18/h3-13,23,26-27H,14-15H2,1-2H3,(H,28,29)/t23-/m0/s1. The molecule has 31 heavy (non-hydrogen) atoms. The fourth-order valence-electron chi connectivity index (χ4n) is 3.34. The van der Waals surface area contributed by atoms with Crippen LogP contribution in [-0.2, 0) is 11.3 Å². The molecule has 0 fully saturated rings. The van der Waals surface area contributed by atoms with Crippen LogP contribution in [0.5, 0.6) is 5.75 Å². The normalized spacial score (nSPS) is 11.7. The molecule has 0 aromatic heterocycles. The second-order valence-electron chi connectivity index (χ2n) is 7.28. The van der Waals surface area contributed by atoms with Gasteiger partial charge in [-0.1, -0.05) is 48.5 Å². The Morgan fingerprint density at radius 1 is 1.00 bits per heavy atom. The van der Waals surface area contributed by atoms with Gasteiger partial charge in [0.15, 0.2) is 0 Å². The van der Waals surface area contributed by atoms with E-state index in [0.29, 0.717) is 11.3 Å². The lowest BCUT2D eigenvalue weighted by molar-refractivity contribution is -0.140. The molecule has 6 heteroatoms. The molecule has 0 aliphatic heterocycles. The van der Waals surface area contributed by atoms with Gasteiger partial charge in [-0.05, 0) is 59.9 Å². The summed E-state index contributed by atoms with van der Waals surface area (Å²) in [5.74, 6) is -1.14. The predicted octanol–water partition coefficient (Wildman–Crippen LogP) is 3.72. The van der Waals surface area contributed by atoms with E-state index >= 15 is 0 Å². The number of aliphatic hydroxyl groups is 1. The maximum atomic E-state index is 12.8. The van der Waals surface area contributed by atoms with E-state index in [9.17, 15) is 9.59 Å². The number of benzene rings is 3. The zero-order valence-electron chi connectivity index (χ0n) is 17.5. The molecule has 160 valence electrons. The molecule has 3 aromatic carbocycles. The first-order chi connectivity index (χ1) is 14.9. The summed E-state index contributed by atoms with van der Waals surface area (Å²) in [6.45, 7) is 3.53. The van der Waals surface area contributed by atoms with Gasteiger partial charge in [0.2, 0.25) is 0 Å². The molecule has 6 nitrogen and oxygen atoms in total. The van der Waals surface area contributed by atoms with Crippen molar-refractivity contribution in [3.05, 3.63) is 89.0 Å². The molecule has 3 rings (SSSR count). The Morgan fingerprint density at radius 3 is 2.39 bits per heavy atom. The third kappa shape index (κ3) is 5.36. The molecule has 0 amide bonds. The number of carboxylic acid groups (broad SMARTS) is 1. The van der Waals surface area contributed by atoms with E-state index in [2.05, 4.69) is 5.32 Å². The van der Waals surface area contributed by atoms with Crippen LogP contribution < -0.4 is 10.1 Å². The molecule has 3 aromatic rings. The molecular weight excluding hydrogens is 394 g/mol. The van der Waals surface area contributed by atoms with E-state index in [1.807, 2.05) is 56.3 Å². The number of hydrogen-bond donors (Lipinski definition) is 3. The monoisotopic (exact) mass is 419 g/mol. The van der Waals surface area contributed by atoms with Gasteiger partial charge in [0, 0.05) is 6.54 Å². The molecule has 3 N–H and O–H groups in total. The Bertz CT molecular complexity index is 1080. The first-order valence-corrected chi connectivity index (χ1v) is 9.94. The fourth-order valence-corrected chi connectivity index (χ4v) is 3.34. The largest absolute Gasteiger partial charge is 0.480 e. The fraction of sp³-hybridized carbons (Fsp3) is 0.200. The lowest BCUT2D eigenvalue weighted by Crippen LogP contribution is -2.39. The lowest BCUT2D eigenvalue weighted by Gasteiger charge is -2.14. The van der Waals surface area contributed by atoms with Crippen LogP contribution in [0.25, 0.3) is 11.1 Å². The van der Waals surface area contributed by atoms with Crippen LogP contribution in [0, 0.1) is 13.8 Å². The molecule has 0 spiro atoms. The van der Waals surface area contributed by atoms with E-state index in [-0.39, 0.29) is 6.54 Å². The van der Waals surface area contributed by atoms with Crippen LogP contribution in [-0.4, -0.2) is 34.8 Å². The number of nitrogens with one attached hydrogen (secondary N) is 1. The molecule has 0 unspecified atom stereocenters. The second kappa shape index (κ2) is 10.0. The molecule has 1 atom stereocenters. The first kappa shape index (κ1) is 22.2. The molecule has 0 saturated heterocycles. The van der Waals surface area contributed by atoms with Crippen LogP contribution in [0.15, 0.2) is 66.7 Å². The lowest BCUT2D eigenvalue weighted by atomic mass is 9.96. The van der Waals surface area contributed by atoms with Crippen molar-refractivity contribution in [2.24, 2.45) is 0 Å². The molecule has 0 heterocycles. The van der Waals surface area contributed by atoms with Gasteiger partial charge in [-0.2, -0.15) is 0 Å². The topological polar surface area (TPSA) is 95.9 Å². The van der Waals surface area contributed by atoms with Gasteiger partial charge in [-0.3, -0.25) is 10.1 Å². The minimum absolute atomic E-state index is 0.274. The minimum atomic E-state index is -1.11. The quantitative estimate of drug-likeness (QED) is 0.380. The SMILES string of the molecule is Cc1cc(OC(=O)c2cccc(-c3ccccc3)c2C)ccc1CN[C@@H](CO)C(=O)O. The average molecular weight is 419 g/mol. The number of aryl methyl sites for hydroxylation is 1. The Hall–Kier alpha value is -3.48. The maximum absolute atomic E-state index is 12.8. The minimum Gasteiger partial charge on any atom is -0.480 e. The summed E-state index contributed by atoms with van der Waals surface area (Å²) < 4.78 is 5.60. The highest BCUT2D eigenvalue weighted by Crippen LogP contribution is 2.27. The first-order valence-electron chi connectivity index (χ1n) is 9.94. The average Bonchev–Trinajstić information content (AvgIpc) is 2.76. The van der Waals surface area contributed by atoms with Crippen molar-refractivity contribution < 1.29 is 24.5 Å². The third-order valence-electron chi connectivity index (χ3n) is 5.18. The highest BCUT2D eigenvalue weighted by Gasteiger charge is 2.17. The van der Waals surface area contributed by atoms with Crippen LogP contribution >= 0.6 is 0 Å². The van der Waals surface area contributed by atoms with Crippen molar-refractivity contribution in [2.45, 2.75) is 26.4 Å². The summed E-state index contributed by atoms with van der Waals surface area (Å²) in [6.07, 6.45) is 0. The zero-order valence-corrected chi connectivity index (χ0v) is 17.5. The van der Waals surface area contributed by atoms with Gasteiger partial charge in [0.05, 0.1) is 12.2 Å². The summed E-state index contributed by atoms with van der Waals surface area (Å²) in [5.41, 5.74) is 5.04. The van der Waals surface area contributed by atoms with Gasteiger partial charge in [0.25, 0.3) is 0 Å². The Kier molecular flexibility index (Phi) is 7.18. The van der Waals surface area contributed by atoms with Crippen LogP contribution in [0.2, 0.25) is 0 Å². The molecule has 0 radical (unpaired) electrons. The molecule has 0 aliphatic carbocycles. The highest BCUT2D eigenvalue weighted by atomic mass is 16.5. The Balaban J connectivity index is 1.74. The summed E-state index contributed by atoms with van der Waals surface area (Å²) in [6, 6.07) is 19.6. The molecule has 0 bridgehead atoms. The summed E-state index contributed by atoms with van der Waals surface area (Å²) in [7, 11) is 0. The smallest absolute Gasteiger partial charge is 0.343 e. The third-order valence-corrected chi connectivity index (χ3v) is 5.18. The van der Waals surface area contributed by atoms with E-state index in [1.54, 1.807) is 24.3 Å². The van der Waals surface area contributed by atoms with Crippen molar-refractivity contribution in [2.75, 3.05) is 6.61 Å². The van der Waals surface area contributed by atoms with Crippen molar-refractivity contribution in [3.8, 4) is 16.9 Å². The Labute approximate surface area is 181 Å². The molecule has 0 aliphatic rings. The summed E-state index contributed by atoms with van der Waals surface area (Å²) in [4.78, 5) is 23.8. The second-order valence-corrected chi connectivity index (χ2v) is 7.28. The van der Waals surface area contributed by atoms with Gasteiger partial charge < -0.3 is 14.9 Å². The number of ether oxygens (including phenoxy) is 1. The van der Waals surface area contributed by atoms with E-state index in [1.165, 1.54) is 0 Å². The molecule has 0 saturated carbocycles. The van der Waals surface area contributed by atoms with E-state index in [0.717, 1.165) is 27.8 Å². The van der Waals surface area contributed by atoms with E-state index < -0.39 is 24.6 Å².